The Balaban J connectivity index is 1.37. The summed E-state index contributed by atoms with van der Waals surface area (Å²) in [6, 6.07) is 0. The number of ether oxygens (including phenoxy) is 1. The average Bonchev–Trinajstić information content (AvgIpc) is 3.39. The Hall–Kier alpha value is -2.83. The van der Waals surface area contributed by atoms with Crippen molar-refractivity contribution < 1.29 is 24.5 Å². The molecule has 0 bridgehead atoms. The number of hydrogen-bond acceptors (Lipinski definition) is 9. The Kier molecular flexibility index (Phi) is 5.30. The van der Waals surface area contributed by atoms with Crippen LogP contribution in [-0.4, -0.2) is 84.4 Å². The van der Waals surface area contributed by atoms with Crippen LogP contribution in [0.15, 0.2) is 12.7 Å². The largest absolute Gasteiger partial charge is 0.387 e. The van der Waals surface area contributed by atoms with E-state index in [1.165, 1.54) is 17.2 Å². The van der Waals surface area contributed by atoms with Crippen LogP contribution in [0.25, 0.3) is 11.2 Å². The van der Waals surface area contributed by atoms with E-state index in [2.05, 4.69) is 20.3 Å². The van der Waals surface area contributed by atoms with E-state index in [0.717, 1.165) is 13.0 Å². The van der Waals surface area contributed by atoms with Crippen LogP contribution in [0.4, 0.5) is 5.82 Å². The first-order valence-electron chi connectivity index (χ1n) is 9.47. The first-order valence-corrected chi connectivity index (χ1v) is 9.47. The highest BCUT2D eigenvalue weighted by atomic mass is 16.6. The number of anilines is 1. The third-order valence-electron chi connectivity index (χ3n) is 5.23. The summed E-state index contributed by atoms with van der Waals surface area (Å²) in [5.74, 6) is -0.230. The number of carbonyl (C=O) groups excluding carboxylic acids is 2. The van der Waals surface area contributed by atoms with Gasteiger partial charge in [0.1, 0.15) is 24.1 Å². The summed E-state index contributed by atoms with van der Waals surface area (Å²) < 4.78 is 7.04. The molecule has 2 aliphatic rings. The maximum atomic E-state index is 12.4. The first kappa shape index (κ1) is 19.5. The fraction of sp³-hybridized carbons (Fsp3) is 0.588. The summed E-state index contributed by atoms with van der Waals surface area (Å²) in [6.07, 6.45) is -0.429. The number of rotatable bonds is 6. The molecule has 0 aliphatic carbocycles. The maximum absolute atomic E-state index is 12.4. The number of nitrogen functional groups attached to an aromatic ring is 1. The Morgan fingerprint density at radius 1 is 1.31 bits per heavy atom. The third-order valence-corrected chi connectivity index (χ3v) is 5.23. The Morgan fingerprint density at radius 3 is 2.90 bits per heavy atom. The van der Waals surface area contributed by atoms with Crippen molar-refractivity contribution in [2.75, 3.05) is 25.4 Å². The number of likely N-dealkylation sites (tertiary alicyclic amines) is 1. The van der Waals surface area contributed by atoms with Crippen molar-refractivity contribution in [3.05, 3.63) is 12.7 Å². The number of aromatic nitrogens is 4. The van der Waals surface area contributed by atoms with Crippen LogP contribution in [0.3, 0.4) is 0 Å². The van der Waals surface area contributed by atoms with E-state index in [-0.39, 0.29) is 11.7 Å². The van der Waals surface area contributed by atoms with Crippen LogP contribution in [0.5, 0.6) is 0 Å². The van der Waals surface area contributed by atoms with Gasteiger partial charge in [-0.1, -0.05) is 0 Å². The minimum Gasteiger partial charge on any atom is -0.387 e. The molecule has 2 aromatic rings. The molecule has 0 saturated carbocycles. The molecule has 2 amide bonds. The summed E-state index contributed by atoms with van der Waals surface area (Å²) in [5, 5.41) is 23.4. The van der Waals surface area contributed by atoms with Gasteiger partial charge in [-0.25, -0.2) is 15.0 Å². The molecule has 12 heteroatoms. The molecule has 4 rings (SSSR count). The van der Waals surface area contributed by atoms with Crippen molar-refractivity contribution in [3.63, 3.8) is 0 Å². The number of nitrogens with zero attached hydrogens (tertiary/aromatic N) is 5. The van der Waals surface area contributed by atoms with Crippen molar-refractivity contribution in [1.29, 1.82) is 0 Å². The predicted octanol–water partition coefficient (Wildman–Crippen LogP) is -1.84. The van der Waals surface area contributed by atoms with Gasteiger partial charge in [-0.3, -0.25) is 14.2 Å². The van der Waals surface area contributed by atoms with Crippen molar-refractivity contribution in [2.45, 2.75) is 43.8 Å². The standard InChI is InChI=1S/C17H23N7O5/c18-14-10-15(21-7-20-14)24(8-22-10)17-12(27)11(26)13(29-17)16(28)19-4-2-6-23-5-1-3-9(23)25/h7-8,11-13,17,26-27H,1-6H2,(H,19,28)(H2,18,20,21)/t11-,12+,13-,17+/m0/s1. The first-order chi connectivity index (χ1) is 14.0. The van der Waals surface area contributed by atoms with E-state index in [0.29, 0.717) is 37.1 Å². The molecule has 4 heterocycles. The van der Waals surface area contributed by atoms with Crippen LogP contribution < -0.4 is 11.1 Å². The number of aliphatic hydroxyl groups excluding tert-OH is 2. The molecule has 156 valence electrons. The molecule has 2 saturated heterocycles. The molecule has 0 unspecified atom stereocenters. The van der Waals surface area contributed by atoms with Crippen LogP contribution >= 0.6 is 0 Å². The van der Waals surface area contributed by atoms with Gasteiger partial charge >= 0.3 is 0 Å². The van der Waals surface area contributed by atoms with Gasteiger partial charge in [0.15, 0.2) is 23.8 Å². The van der Waals surface area contributed by atoms with Gasteiger partial charge in [0.05, 0.1) is 6.33 Å². The van der Waals surface area contributed by atoms with Crippen molar-refractivity contribution in [1.82, 2.24) is 29.7 Å². The number of hydrogen-bond donors (Lipinski definition) is 4. The zero-order valence-electron chi connectivity index (χ0n) is 15.6. The number of amides is 2. The second-order valence-electron chi connectivity index (χ2n) is 7.14. The Labute approximate surface area is 165 Å². The second kappa shape index (κ2) is 7.89. The molecule has 12 nitrogen and oxygen atoms in total. The molecule has 5 N–H and O–H groups in total. The molecule has 0 spiro atoms. The lowest BCUT2D eigenvalue weighted by Gasteiger charge is -2.17. The summed E-state index contributed by atoms with van der Waals surface area (Å²) in [5.41, 5.74) is 6.42. The fourth-order valence-electron chi connectivity index (χ4n) is 3.68. The fourth-order valence-corrected chi connectivity index (χ4v) is 3.68. The van der Waals surface area contributed by atoms with E-state index < -0.39 is 30.4 Å². The highest BCUT2D eigenvalue weighted by molar-refractivity contribution is 5.83. The van der Waals surface area contributed by atoms with Gasteiger partial charge in [-0.2, -0.15) is 0 Å². The molecule has 4 atom stereocenters. The minimum atomic E-state index is -1.42. The molecule has 0 radical (unpaired) electrons. The number of imidazole rings is 1. The monoisotopic (exact) mass is 405 g/mol. The van der Waals surface area contributed by atoms with Gasteiger partial charge in [-0.15, -0.1) is 0 Å². The zero-order chi connectivity index (χ0) is 20.5. The highest BCUT2D eigenvalue weighted by Crippen LogP contribution is 2.32. The quantitative estimate of drug-likeness (QED) is 0.403. The van der Waals surface area contributed by atoms with E-state index in [9.17, 15) is 19.8 Å². The van der Waals surface area contributed by atoms with Gasteiger partial charge < -0.3 is 30.9 Å². The lowest BCUT2D eigenvalue weighted by Crippen LogP contribution is -2.43. The predicted molar refractivity (Wildman–Crippen MR) is 99.1 cm³/mol. The minimum absolute atomic E-state index is 0.133. The zero-order valence-corrected chi connectivity index (χ0v) is 15.6. The normalized spacial score (nSPS) is 27.1. The summed E-state index contributed by atoms with van der Waals surface area (Å²) in [7, 11) is 0. The Bertz CT molecular complexity index is 919. The van der Waals surface area contributed by atoms with Crippen molar-refractivity contribution in [3.8, 4) is 0 Å². The number of fused-ring (bicyclic) bond motifs is 1. The van der Waals surface area contributed by atoms with Gasteiger partial charge in [0.25, 0.3) is 5.91 Å². The summed E-state index contributed by atoms with van der Waals surface area (Å²) >= 11 is 0. The smallest absolute Gasteiger partial charge is 0.252 e. The van der Waals surface area contributed by atoms with Gasteiger partial charge in [-0.05, 0) is 12.8 Å². The molecular weight excluding hydrogens is 382 g/mol. The SMILES string of the molecule is Nc1ncnc2c1ncn2[C@@H]1O[C@H](C(=O)NCCCN2CCCC2=O)[C@@H](O)[C@H]1O. The van der Waals surface area contributed by atoms with Crippen LogP contribution in [0.2, 0.25) is 0 Å². The van der Waals surface area contributed by atoms with E-state index in [1.807, 2.05) is 0 Å². The van der Waals surface area contributed by atoms with E-state index in [1.54, 1.807) is 4.90 Å². The lowest BCUT2D eigenvalue weighted by molar-refractivity contribution is -0.137. The third kappa shape index (κ3) is 3.61. The second-order valence-corrected chi connectivity index (χ2v) is 7.14. The summed E-state index contributed by atoms with van der Waals surface area (Å²) in [4.78, 5) is 37.8. The topological polar surface area (TPSA) is 169 Å². The lowest BCUT2D eigenvalue weighted by atomic mass is 10.1. The number of nitrogens with two attached hydrogens (primary N) is 1. The van der Waals surface area contributed by atoms with Gasteiger partial charge in [0, 0.05) is 26.1 Å². The number of aliphatic hydroxyl groups is 2. The average molecular weight is 405 g/mol. The van der Waals surface area contributed by atoms with Crippen LogP contribution in [-0.2, 0) is 14.3 Å². The number of nitrogens with one attached hydrogen (secondary N) is 1. The maximum Gasteiger partial charge on any atom is 0.252 e. The van der Waals surface area contributed by atoms with E-state index in [4.69, 9.17) is 10.5 Å². The van der Waals surface area contributed by atoms with Crippen molar-refractivity contribution >= 4 is 28.8 Å². The van der Waals surface area contributed by atoms with Crippen LogP contribution in [0.1, 0.15) is 25.5 Å². The van der Waals surface area contributed by atoms with E-state index >= 15 is 0 Å². The Morgan fingerprint density at radius 2 is 2.14 bits per heavy atom. The highest BCUT2D eigenvalue weighted by Gasteiger charge is 2.47. The molecule has 2 aliphatic heterocycles. The molecule has 2 aromatic heterocycles. The van der Waals surface area contributed by atoms with Gasteiger partial charge in [0.2, 0.25) is 5.91 Å². The molecule has 29 heavy (non-hydrogen) atoms. The molecule has 2 fully saturated rings. The van der Waals surface area contributed by atoms with Crippen LogP contribution in [0, 0.1) is 0 Å². The molecular formula is C17H23N7O5. The molecule has 0 aromatic carbocycles. The van der Waals surface area contributed by atoms with Crippen molar-refractivity contribution in [2.24, 2.45) is 0 Å². The number of carbonyl (C=O) groups is 2. The summed E-state index contributed by atoms with van der Waals surface area (Å²) in [6.45, 7) is 1.65.